The van der Waals surface area contributed by atoms with E-state index in [1.165, 1.54) is 35.1 Å². The van der Waals surface area contributed by atoms with E-state index in [-0.39, 0.29) is 41.5 Å². The minimum Gasteiger partial charge on any atom is -0.267 e. The fourth-order valence-electron chi connectivity index (χ4n) is 3.51. The molecule has 10 heteroatoms. The van der Waals surface area contributed by atoms with Crippen molar-refractivity contribution in [3.63, 3.8) is 0 Å². The van der Waals surface area contributed by atoms with E-state index in [4.69, 9.17) is 58.6 Å². The number of carbonyl (C=O) groups excluding carboxylic acids is 2. The van der Waals surface area contributed by atoms with Crippen LogP contribution in [0.4, 0.5) is 0 Å². The molecule has 0 saturated carbocycles. The van der Waals surface area contributed by atoms with Gasteiger partial charge in [0.05, 0.1) is 31.2 Å². The number of carbonyl (C=O) groups is 2. The van der Waals surface area contributed by atoms with Crippen LogP contribution in [0.15, 0.2) is 60.8 Å². The van der Waals surface area contributed by atoms with Crippen LogP contribution >= 0.6 is 58.6 Å². The first-order chi connectivity index (χ1) is 16.3. The number of halogens is 4. The van der Waals surface area contributed by atoms with Gasteiger partial charge in [0, 0.05) is 11.6 Å². The SMILES string of the molecule is CCc1cc2cccnc2n(N(C(=O)c2c(Cl)cccc2Cl)C(=O)c2c(Cl)cccc2Cl)c1=S. The average Bonchev–Trinajstić information content (AvgIpc) is 2.80. The Morgan fingerprint density at radius 1 is 0.882 bits per heavy atom. The summed E-state index contributed by atoms with van der Waals surface area (Å²) in [5.41, 5.74) is 0.875. The number of amides is 2. The minimum atomic E-state index is -0.812. The molecule has 0 aliphatic rings. The smallest absolute Gasteiger partial charge is 0.267 e. The second-order valence-corrected chi connectivity index (χ2v) is 9.19. The molecule has 34 heavy (non-hydrogen) atoms. The van der Waals surface area contributed by atoms with Crippen LogP contribution in [0.2, 0.25) is 20.1 Å². The van der Waals surface area contributed by atoms with Crippen LogP contribution in [-0.2, 0) is 6.42 Å². The molecule has 0 radical (unpaired) electrons. The number of rotatable bonds is 4. The number of imide groups is 1. The van der Waals surface area contributed by atoms with E-state index < -0.39 is 11.8 Å². The molecule has 0 aliphatic heterocycles. The van der Waals surface area contributed by atoms with Crippen molar-refractivity contribution in [2.45, 2.75) is 13.3 Å². The van der Waals surface area contributed by atoms with E-state index in [0.29, 0.717) is 11.8 Å². The Morgan fingerprint density at radius 3 is 1.85 bits per heavy atom. The summed E-state index contributed by atoms with van der Waals surface area (Å²) in [7, 11) is 0. The van der Waals surface area contributed by atoms with E-state index in [2.05, 4.69) is 4.98 Å². The van der Waals surface area contributed by atoms with Gasteiger partial charge in [0.1, 0.15) is 4.64 Å². The molecule has 5 nitrogen and oxygen atoms in total. The lowest BCUT2D eigenvalue weighted by atomic mass is 10.1. The molecule has 0 unspecified atom stereocenters. The lowest BCUT2D eigenvalue weighted by Crippen LogP contribution is -2.47. The van der Waals surface area contributed by atoms with Crippen LogP contribution < -0.4 is 5.01 Å². The third-order valence-corrected chi connectivity index (χ3v) is 6.83. The minimum absolute atomic E-state index is 0.0657. The Morgan fingerprint density at radius 2 is 1.38 bits per heavy atom. The molecule has 4 aromatic rings. The topological polar surface area (TPSA) is 55.2 Å². The maximum absolute atomic E-state index is 14.0. The molecule has 4 rings (SSSR count). The van der Waals surface area contributed by atoms with Gasteiger partial charge in [0.2, 0.25) is 0 Å². The van der Waals surface area contributed by atoms with Crippen molar-refractivity contribution in [3.05, 3.63) is 102 Å². The van der Waals surface area contributed by atoms with Gasteiger partial charge in [-0.15, -0.1) is 0 Å². The zero-order chi connectivity index (χ0) is 24.6. The van der Waals surface area contributed by atoms with Crippen LogP contribution in [0.25, 0.3) is 11.0 Å². The summed E-state index contributed by atoms with van der Waals surface area (Å²) in [6.07, 6.45) is 2.09. The van der Waals surface area contributed by atoms with Crippen molar-refractivity contribution >= 4 is 81.5 Å². The predicted molar refractivity (Wildman–Crippen MR) is 140 cm³/mol. The summed E-state index contributed by atoms with van der Waals surface area (Å²) in [4.78, 5) is 32.3. The molecule has 2 aromatic heterocycles. The second kappa shape index (κ2) is 10.0. The number of benzene rings is 2. The van der Waals surface area contributed by atoms with E-state index >= 15 is 0 Å². The van der Waals surface area contributed by atoms with Crippen LogP contribution in [0, 0.1) is 4.64 Å². The molecule has 172 valence electrons. The number of hydrogen-bond donors (Lipinski definition) is 0. The highest BCUT2D eigenvalue weighted by Gasteiger charge is 2.33. The zero-order valence-corrected chi connectivity index (χ0v) is 21.4. The summed E-state index contributed by atoms with van der Waals surface area (Å²) in [6, 6.07) is 14.6. The third kappa shape index (κ3) is 4.32. The molecule has 0 saturated heterocycles. The first kappa shape index (κ1) is 24.6. The van der Waals surface area contributed by atoms with Gasteiger partial charge in [-0.1, -0.05) is 77.7 Å². The van der Waals surface area contributed by atoms with Crippen molar-refractivity contribution in [1.29, 1.82) is 0 Å². The fourth-order valence-corrected chi connectivity index (χ4v) is 5.00. The maximum Gasteiger partial charge on any atom is 0.283 e. The van der Waals surface area contributed by atoms with Gasteiger partial charge in [-0.2, -0.15) is 5.01 Å². The highest BCUT2D eigenvalue weighted by atomic mass is 35.5. The van der Waals surface area contributed by atoms with Crippen molar-refractivity contribution in [2.75, 3.05) is 5.01 Å². The van der Waals surface area contributed by atoms with E-state index in [1.807, 2.05) is 19.1 Å². The molecular weight excluding hydrogens is 536 g/mol. The molecular formula is C24H15Cl4N3O2S. The van der Waals surface area contributed by atoms with Gasteiger partial charge < -0.3 is 0 Å². The van der Waals surface area contributed by atoms with Gasteiger partial charge in [0.15, 0.2) is 5.65 Å². The Hall–Kier alpha value is -2.48. The Bertz CT molecular complexity index is 1420. The van der Waals surface area contributed by atoms with Crippen molar-refractivity contribution in [3.8, 4) is 0 Å². The fraction of sp³-hybridized carbons (Fsp3) is 0.0833. The van der Waals surface area contributed by atoms with Gasteiger partial charge in [-0.25, -0.2) is 9.66 Å². The predicted octanol–water partition coefficient (Wildman–Crippen LogP) is 7.56. The quantitative estimate of drug-likeness (QED) is 0.194. The molecule has 0 N–H and O–H groups in total. The van der Waals surface area contributed by atoms with Crippen molar-refractivity contribution < 1.29 is 9.59 Å². The average molecular weight is 551 g/mol. The third-order valence-electron chi connectivity index (χ3n) is 5.13. The monoisotopic (exact) mass is 549 g/mol. The molecule has 0 fully saturated rings. The first-order valence-electron chi connectivity index (χ1n) is 10.0. The standard InChI is InChI=1S/C24H15Cl4N3O2S/c1-2-13-12-14-6-5-11-29-21(14)30(24(13)34)31(22(32)19-15(25)7-3-8-16(19)26)23(33)20-17(27)9-4-10-18(20)28/h3-12H,2H2,1H3. The maximum atomic E-state index is 14.0. The van der Waals surface area contributed by atoms with Gasteiger partial charge >= 0.3 is 0 Å². The van der Waals surface area contributed by atoms with E-state index in [9.17, 15) is 9.59 Å². The summed E-state index contributed by atoms with van der Waals surface area (Å²) >= 11 is 31.1. The molecule has 0 spiro atoms. The van der Waals surface area contributed by atoms with Crippen molar-refractivity contribution in [2.24, 2.45) is 0 Å². The molecule has 2 aromatic carbocycles. The Balaban J connectivity index is 2.10. The lowest BCUT2D eigenvalue weighted by molar-refractivity contribution is 0.0858. The summed E-state index contributed by atoms with van der Waals surface area (Å²) in [5, 5.41) is 1.78. The largest absolute Gasteiger partial charge is 0.283 e. The molecule has 2 heterocycles. The van der Waals surface area contributed by atoms with E-state index in [0.717, 1.165) is 10.6 Å². The van der Waals surface area contributed by atoms with Gasteiger partial charge in [0.25, 0.3) is 11.8 Å². The number of aromatic nitrogens is 2. The lowest BCUT2D eigenvalue weighted by Gasteiger charge is -2.27. The van der Waals surface area contributed by atoms with Crippen molar-refractivity contribution in [1.82, 2.24) is 9.66 Å². The van der Waals surface area contributed by atoms with Gasteiger partial charge in [-0.3, -0.25) is 9.59 Å². The van der Waals surface area contributed by atoms with Gasteiger partial charge in [-0.05, 0) is 54.4 Å². The van der Waals surface area contributed by atoms with Crippen LogP contribution in [0.3, 0.4) is 0 Å². The summed E-state index contributed by atoms with van der Waals surface area (Å²) < 4.78 is 1.51. The Kier molecular flexibility index (Phi) is 7.26. The Labute approximate surface area is 220 Å². The molecule has 0 bridgehead atoms. The number of fused-ring (bicyclic) bond motifs is 1. The molecule has 2 amide bonds. The molecule has 0 atom stereocenters. The molecule has 0 aliphatic carbocycles. The van der Waals surface area contributed by atoms with Crippen LogP contribution in [0.1, 0.15) is 33.2 Å². The second-order valence-electron chi connectivity index (χ2n) is 7.17. The summed E-state index contributed by atoms with van der Waals surface area (Å²) in [5.74, 6) is -1.62. The van der Waals surface area contributed by atoms with Crippen LogP contribution in [-0.4, -0.2) is 21.5 Å². The number of aryl methyl sites for hydroxylation is 1. The first-order valence-corrected chi connectivity index (χ1v) is 11.9. The zero-order valence-electron chi connectivity index (χ0n) is 17.6. The van der Waals surface area contributed by atoms with Crippen LogP contribution in [0.5, 0.6) is 0 Å². The summed E-state index contributed by atoms with van der Waals surface area (Å²) in [6.45, 7) is 1.92. The normalized spacial score (nSPS) is 11.0. The van der Waals surface area contributed by atoms with E-state index in [1.54, 1.807) is 18.2 Å². The number of pyridine rings is 2. The number of nitrogens with zero attached hydrogens (tertiary/aromatic N) is 3. The highest BCUT2D eigenvalue weighted by molar-refractivity contribution is 7.71. The number of hydrogen-bond acceptors (Lipinski definition) is 4. The highest BCUT2D eigenvalue weighted by Crippen LogP contribution is 2.30.